The second kappa shape index (κ2) is 8.97. The van der Waals surface area contributed by atoms with E-state index in [1.165, 1.54) is 25.7 Å². The van der Waals surface area contributed by atoms with E-state index >= 15 is 4.39 Å². The molecule has 1 heterocycles. The van der Waals surface area contributed by atoms with Gasteiger partial charge in [-0.25, -0.2) is 22.7 Å². The second-order valence-corrected chi connectivity index (χ2v) is 16.0. The SMILES string of the molecule is CC(C)(C)[S@@](=O)N[C@](C)(c1nc(Br)ccc1F)[C@@H](F)[C@H](O[Si](C)(C)C)C(F)(F)F. The lowest BCUT2D eigenvalue weighted by molar-refractivity contribution is -0.222. The van der Waals surface area contributed by atoms with Crippen molar-refractivity contribution >= 4 is 35.2 Å². The average Bonchev–Trinajstić information content (AvgIpc) is 2.51. The predicted molar refractivity (Wildman–Crippen MR) is 109 cm³/mol. The second-order valence-electron chi connectivity index (χ2n) is 8.74. The summed E-state index contributed by atoms with van der Waals surface area (Å²) in [5.74, 6) is -1.04. The van der Waals surface area contributed by atoms with Crippen LogP contribution in [0.4, 0.5) is 22.0 Å². The zero-order valence-electron chi connectivity index (χ0n) is 17.2. The van der Waals surface area contributed by atoms with Crippen LogP contribution in [0, 0.1) is 5.82 Å². The molecule has 1 aromatic heterocycles. The van der Waals surface area contributed by atoms with Gasteiger partial charge in [0.15, 0.2) is 20.6 Å². The van der Waals surface area contributed by atoms with Crippen LogP contribution in [0.1, 0.15) is 33.4 Å². The molecule has 29 heavy (non-hydrogen) atoms. The van der Waals surface area contributed by atoms with Crippen molar-refractivity contribution < 1.29 is 30.6 Å². The molecule has 0 radical (unpaired) electrons. The Labute approximate surface area is 179 Å². The van der Waals surface area contributed by atoms with Crippen molar-refractivity contribution in [3.8, 4) is 0 Å². The van der Waals surface area contributed by atoms with E-state index < -0.39 is 59.6 Å². The summed E-state index contributed by atoms with van der Waals surface area (Å²) < 4.78 is 90.7. The van der Waals surface area contributed by atoms with E-state index in [2.05, 4.69) is 25.6 Å². The van der Waals surface area contributed by atoms with Crippen LogP contribution in [0.2, 0.25) is 19.6 Å². The minimum Gasteiger partial charge on any atom is -0.404 e. The lowest BCUT2D eigenvalue weighted by Crippen LogP contribution is -2.60. The standard InChI is InChI=1S/C17H26BrF5N2O2SSi/c1-15(2,3)28(26)25-16(4,13-10(19)8-9-11(18)24-13)12(20)14(17(21,22)23)27-29(5,6)7/h8-9,12,14,25H,1-7H3/t12-,14-,16-,28+/m0/s1. The quantitative estimate of drug-likeness (QED) is 0.296. The lowest BCUT2D eigenvalue weighted by atomic mass is 9.88. The van der Waals surface area contributed by atoms with Crippen molar-refractivity contribution in [2.24, 2.45) is 0 Å². The molecular weight excluding hydrogens is 499 g/mol. The molecule has 0 spiro atoms. The molecule has 0 aliphatic carbocycles. The molecule has 0 aliphatic rings. The fourth-order valence-corrected chi connectivity index (χ4v) is 4.56. The maximum atomic E-state index is 15.6. The summed E-state index contributed by atoms with van der Waals surface area (Å²) in [5, 5.41) is 0. The van der Waals surface area contributed by atoms with Gasteiger partial charge in [0.1, 0.15) is 21.7 Å². The Morgan fingerprint density at radius 1 is 1.17 bits per heavy atom. The van der Waals surface area contributed by atoms with Crippen LogP contribution in [0.15, 0.2) is 16.7 Å². The first-order chi connectivity index (χ1) is 12.8. The molecule has 12 heteroatoms. The molecule has 0 aliphatic heterocycles. The zero-order chi connectivity index (χ0) is 23.0. The number of halogens is 6. The van der Waals surface area contributed by atoms with Gasteiger partial charge in [-0.2, -0.15) is 13.2 Å². The van der Waals surface area contributed by atoms with Crippen LogP contribution in [-0.2, 0) is 21.0 Å². The van der Waals surface area contributed by atoms with Gasteiger partial charge in [0.2, 0.25) is 0 Å². The number of hydrogen-bond acceptors (Lipinski definition) is 3. The monoisotopic (exact) mass is 524 g/mol. The molecule has 168 valence electrons. The van der Waals surface area contributed by atoms with E-state index in [9.17, 15) is 21.8 Å². The van der Waals surface area contributed by atoms with Gasteiger partial charge in [-0.05, 0) is 75.4 Å². The third-order valence-electron chi connectivity index (χ3n) is 3.79. The van der Waals surface area contributed by atoms with Gasteiger partial charge in [-0.1, -0.05) is 0 Å². The minimum absolute atomic E-state index is 0.0883. The zero-order valence-corrected chi connectivity index (χ0v) is 20.7. The summed E-state index contributed by atoms with van der Waals surface area (Å²) in [5.41, 5.74) is -3.03. The van der Waals surface area contributed by atoms with Gasteiger partial charge >= 0.3 is 6.18 Å². The number of pyridine rings is 1. The summed E-state index contributed by atoms with van der Waals surface area (Å²) in [7, 11) is -4.89. The maximum Gasteiger partial charge on any atom is 0.416 e. The van der Waals surface area contributed by atoms with Gasteiger partial charge in [-0.15, -0.1) is 0 Å². The molecule has 0 saturated carbocycles. The Kier molecular flexibility index (Phi) is 8.23. The highest BCUT2D eigenvalue weighted by Gasteiger charge is 2.57. The summed E-state index contributed by atoms with van der Waals surface area (Å²) in [6.07, 6.45) is -10.8. The number of rotatable bonds is 7. The highest BCUT2D eigenvalue weighted by atomic mass is 79.9. The first-order valence-corrected chi connectivity index (χ1v) is 14.0. The molecule has 1 aromatic rings. The fraction of sp³-hybridized carbons (Fsp3) is 0.706. The number of nitrogens with zero attached hydrogens (tertiary/aromatic N) is 1. The fourth-order valence-electron chi connectivity index (χ4n) is 2.34. The summed E-state index contributed by atoms with van der Waals surface area (Å²) >= 11 is 3.02. The molecule has 0 fully saturated rings. The molecule has 0 amide bonds. The van der Waals surface area contributed by atoms with Crippen molar-refractivity contribution in [2.75, 3.05) is 0 Å². The van der Waals surface area contributed by atoms with E-state index in [1.54, 1.807) is 20.8 Å². The van der Waals surface area contributed by atoms with Crippen molar-refractivity contribution in [3.05, 3.63) is 28.2 Å². The molecule has 4 nitrogen and oxygen atoms in total. The minimum atomic E-state index is -5.08. The van der Waals surface area contributed by atoms with Crippen LogP contribution in [-0.4, -0.2) is 40.7 Å². The van der Waals surface area contributed by atoms with Gasteiger partial charge in [-0.3, -0.25) is 0 Å². The number of hydrogen-bond donors (Lipinski definition) is 1. The van der Waals surface area contributed by atoms with Crippen molar-refractivity contribution in [2.45, 2.75) is 76.1 Å². The first-order valence-electron chi connectivity index (χ1n) is 8.70. The van der Waals surface area contributed by atoms with Gasteiger partial charge in [0.25, 0.3) is 0 Å². The van der Waals surface area contributed by atoms with E-state index in [-0.39, 0.29) is 4.60 Å². The molecule has 1 N–H and O–H groups in total. The maximum absolute atomic E-state index is 15.6. The molecular formula is C17H26BrF5N2O2SSi. The predicted octanol–water partition coefficient (Wildman–Crippen LogP) is 5.37. The highest BCUT2D eigenvalue weighted by Crippen LogP contribution is 2.39. The Bertz CT molecular complexity index is 755. The van der Waals surface area contributed by atoms with E-state index in [4.69, 9.17) is 4.43 Å². The van der Waals surface area contributed by atoms with Crippen LogP contribution >= 0.6 is 15.9 Å². The van der Waals surface area contributed by atoms with E-state index in [0.29, 0.717) is 0 Å². The molecule has 1 rings (SSSR count). The third kappa shape index (κ3) is 7.05. The largest absolute Gasteiger partial charge is 0.416 e. The van der Waals surface area contributed by atoms with Crippen molar-refractivity contribution in [3.63, 3.8) is 0 Å². The van der Waals surface area contributed by atoms with E-state index in [0.717, 1.165) is 13.0 Å². The Balaban J connectivity index is 3.64. The topological polar surface area (TPSA) is 51.2 Å². The van der Waals surface area contributed by atoms with Crippen LogP contribution in [0.5, 0.6) is 0 Å². The molecule has 0 saturated heterocycles. The van der Waals surface area contributed by atoms with Crippen LogP contribution < -0.4 is 4.72 Å². The van der Waals surface area contributed by atoms with Crippen LogP contribution in [0.25, 0.3) is 0 Å². The van der Waals surface area contributed by atoms with Gasteiger partial charge < -0.3 is 4.43 Å². The third-order valence-corrected chi connectivity index (χ3v) is 6.91. The van der Waals surface area contributed by atoms with Crippen LogP contribution in [0.3, 0.4) is 0 Å². The van der Waals surface area contributed by atoms with Gasteiger partial charge in [0, 0.05) is 0 Å². The van der Waals surface area contributed by atoms with E-state index in [1.807, 2.05) is 0 Å². The van der Waals surface area contributed by atoms with Crippen molar-refractivity contribution in [1.82, 2.24) is 9.71 Å². The van der Waals surface area contributed by atoms with Crippen molar-refractivity contribution in [1.29, 1.82) is 0 Å². The Hall–Kier alpha value is -0.433. The summed E-state index contributed by atoms with van der Waals surface area (Å²) in [6, 6.07) is 2.17. The first kappa shape index (κ1) is 26.6. The van der Waals surface area contributed by atoms with Gasteiger partial charge in [0.05, 0.1) is 15.7 Å². The smallest absolute Gasteiger partial charge is 0.404 e. The Morgan fingerprint density at radius 3 is 2.10 bits per heavy atom. The number of nitrogens with one attached hydrogen (secondary N) is 1. The lowest BCUT2D eigenvalue weighted by Gasteiger charge is -2.40. The molecule has 0 bridgehead atoms. The average molecular weight is 525 g/mol. The molecule has 4 atom stereocenters. The summed E-state index contributed by atoms with van der Waals surface area (Å²) in [6.45, 7) is 10.1. The normalized spacial score (nSPS) is 18.8. The number of alkyl halides is 4. The molecule has 0 aromatic carbocycles. The Morgan fingerprint density at radius 2 is 1.69 bits per heavy atom. The molecule has 0 unspecified atom stereocenters. The number of aromatic nitrogens is 1. The highest BCUT2D eigenvalue weighted by molar-refractivity contribution is 9.10. The summed E-state index contributed by atoms with van der Waals surface area (Å²) in [4.78, 5) is 3.86.